The molecule has 1 aromatic carbocycles. The van der Waals surface area contributed by atoms with Gasteiger partial charge in [-0.3, -0.25) is 0 Å². The van der Waals surface area contributed by atoms with Crippen LogP contribution in [0.15, 0.2) is 41.2 Å². The summed E-state index contributed by atoms with van der Waals surface area (Å²) < 4.78 is 34.0. The van der Waals surface area contributed by atoms with Crippen molar-refractivity contribution in [2.45, 2.75) is 18.6 Å². The van der Waals surface area contributed by atoms with Gasteiger partial charge >= 0.3 is 0 Å². The number of hydrogen-bond acceptors (Lipinski definition) is 5. The summed E-state index contributed by atoms with van der Waals surface area (Å²) >= 11 is 14.2. The van der Waals surface area contributed by atoms with E-state index in [0.717, 1.165) is 18.2 Å². The number of alkyl halides is 2. The van der Waals surface area contributed by atoms with E-state index >= 15 is 0 Å². The van der Waals surface area contributed by atoms with Crippen LogP contribution in [-0.4, -0.2) is 25.8 Å². The van der Waals surface area contributed by atoms with Crippen LogP contribution in [0.25, 0.3) is 28.6 Å². The number of benzene rings is 1. The predicted molar refractivity (Wildman–Crippen MR) is 111 cm³/mol. The molecular formula is C19H14Cl2F2N4OS. The zero-order chi connectivity index (χ0) is 20.8. The van der Waals surface area contributed by atoms with E-state index in [1.807, 2.05) is 24.5 Å². The summed E-state index contributed by atoms with van der Waals surface area (Å²) in [6.45, 7) is 0.806. The van der Waals surface area contributed by atoms with E-state index in [2.05, 4.69) is 15.1 Å². The highest BCUT2D eigenvalue weighted by molar-refractivity contribution is 7.97. The van der Waals surface area contributed by atoms with Gasteiger partial charge in [-0.1, -0.05) is 34.4 Å². The van der Waals surface area contributed by atoms with Crippen molar-refractivity contribution in [2.24, 2.45) is 0 Å². The van der Waals surface area contributed by atoms with Crippen molar-refractivity contribution in [3.63, 3.8) is 0 Å². The maximum atomic E-state index is 13.7. The van der Waals surface area contributed by atoms with Gasteiger partial charge in [-0.05, 0) is 30.0 Å². The first-order valence-electron chi connectivity index (χ1n) is 8.44. The Hall–Kier alpha value is -2.16. The van der Waals surface area contributed by atoms with E-state index in [1.54, 1.807) is 11.8 Å². The molecular weight excluding hydrogens is 441 g/mol. The van der Waals surface area contributed by atoms with E-state index in [1.165, 1.54) is 22.9 Å². The van der Waals surface area contributed by atoms with Crippen LogP contribution in [0, 0.1) is 0 Å². The highest BCUT2D eigenvalue weighted by atomic mass is 35.5. The monoisotopic (exact) mass is 454 g/mol. The standard InChI is InChI=1S/C19H14Cl2F2N4OS/c1-19(22,23)11-6-14(21)17-24-15(8-27(17)7-11)18-25-16(26-28-18)12-4-3-10(9-29-2)5-13(12)20/h3-8H,9H2,1-2H3. The van der Waals surface area contributed by atoms with Gasteiger partial charge in [0.05, 0.1) is 10.0 Å². The largest absolute Gasteiger partial charge is 0.332 e. The minimum Gasteiger partial charge on any atom is -0.332 e. The first kappa shape index (κ1) is 20.1. The van der Waals surface area contributed by atoms with E-state index in [-0.39, 0.29) is 16.5 Å². The Bertz CT molecular complexity index is 1200. The third kappa shape index (κ3) is 3.97. The molecule has 0 atom stereocenters. The molecule has 0 aliphatic rings. The minimum absolute atomic E-state index is 0.0995. The lowest BCUT2D eigenvalue weighted by Gasteiger charge is -2.11. The smallest absolute Gasteiger partial charge is 0.278 e. The van der Waals surface area contributed by atoms with Crippen LogP contribution in [-0.2, 0) is 11.7 Å². The fourth-order valence-corrected chi connectivity index (χ4v) is 3.89. The lowest BCUT2D eigenvalue weighted by atomic mass is 10.1. The van der Waals surface area contributed by atoms with E-state index < -0.39 is 5.92 Å². The van der Waals surface area contributed by atoms with Gasteiger partial charge in [0.2, 0.25) is 5.82 Å². The Morgan fingerprint density at radius 3 is 2.62 bits per heavy atom. The zero-order valence-electron chi connectivity index (χ0n) is 15.3. The van der Waals surface area contributed by atoms with Gasteiger partial charge in [0.25, 0.3) is 11.8 Å². The molecule has 3 heterocycles. The third-order valence-electron chi connectivity index (χ3n) is 4.24. The van der Waals surface area contributed by atoms with Gasteiger partial charge in [-0.2, -0.15) is 16.7 Å². The molecule has 3 aromatic heterocycles. The molecule has 0 bridgehead atoms. The molecule has 0 saturated heterocycles. The number of halogens is 4. The number of aromatic nitrogens is 4. The zero-order valence-corrected chi connectivity index (χ0v) is 17.6. The molecule has 0 saturated carbocycles. The van der Waals surface area contributed by atoms with Crippen LogP contribution in [0.2, 0.25) is 10.0 Å². The van der Waals surface area contributed by atoms with Crippen molar-refractivity contribution in [1.82, 2.24) is 19.5 Å². The molecule has 10 heteroatoms. The van der Waals surface area contributed by atoms with Crippen LogP contribution in [0.1, 0.15) is 18.1 Å². The quantitative estimate of drug-likeness (QED) is 0.352. The Morgan fingerprint density at radius 2 is 1.93 bits per heavy atom. The second-order valence-electron chi connectivity index (χ2n) is 6.49. The maximum Gasteiger partial charge on any atom is 0.278 e. The van der Waals surface area contributed by atoms with Gasteiger partial charge in [0.1, 0.15) is 5.69 Å². The molecule has 5 nitrogen and oxygen atoms in total. The number of pyridine rings is 1. The van der Waals surface area contributed by atoms with Crippen molar-refractivity contribution in [3.8, 4) is 23.0 Å². The molecule has 0 radical (unpaired) electrons. The molecule has 0 unspecified atom stereocenters. The number of nitrogens with zero attached hydrogens (tertiary/aromatic N) is 4. The first-order valence-corrected chi connectivity index (χ1v) is 10.6. The summed E-state index contributed by atoms with van der Waals surface area (Å²) in [5, 5.41) is 4.58. The molecule has 0 N–H and O–H groups in total. The molecule has 0 fully saturated rings. The van der Waals surface area contributed by atoms with Gasteiger partial charge < -0.3 is 8.92 Å². The number of rotatable bonds is 5. The van der Waals surface area contributed by atoms with Crippen LogP contribution < -0.4 is 0 Å². The van der Waals surface area contributed by atoms with Gasteiger partial charge in [-0.15, -0.1) is 0 Å². The van der Waals surface area contributed by atoms with Crippen LogP contribution in [0.5, 0.6) is 0 Å². The molecule has 0 spiro atoms. The molecule has 150 valence electrons. The van der Waals surface area contributed by atoms with E-state index in [0.29, 0.717) is 27.8 Å². The predicted octanol–water partition coefficient (Wildman–Crippen LogP) is 6.33. The maximum absolute atomic E-state index is 13.7. The van der Waals surface area contributed by atoms with Gasteiger partial charge in [-0.25, -0.2) is 13.8 Å². The summed E-state index contributed by atoms with van der Waals surface area (Å²) in [6.07, 6.45) is 4.80. The van der Waals surface area contributed by atoms with Crippen molar-refractivity contribution in [1.29, 1.82) is 0 Å². The second-order valence-corrected chi connectivity index (χ2v) is 8.17. The van der Waals surface area contributed by atoms with Crippen LogP contribution >= 0.6 is 35.0 Å². The lowest BCUT2D eigenvalue weighted by molar-refractivity contribution is 0.0170. The minimum atomic E-state index is -3.03. The van der Waals surface area contributed by atoms with Crippen LogP contribution in [0.3, 0.4) is 0 Å². The topological polar surface area (TPSA) is 56.2 Å². The van der Waals surface area contributed by atoms with Crippen molar-refractivity contribution in [2.75, 3.05) is 6.26 Å². The molecule has 4 aromatic rings. The summed E-state index contributed by atoms with van der Waals surface area (Å²) in [6, 6.07) is 6.84. The molecule has 0 aliphatic heterocycles. The Labute approximate surface area is 179 Å². The van der Waals surface area contributed by atoms with Crippen molar-refractivity contribution in [3.05, 3.63) is 57.8 Å². The lowest BCUT2D eigenvalue weighted by Crippen LogP contribution is -2.08. The number of imidazole rings is 1. The Balaban J connectivity index is 1.71. The van der Waals surface area contributed by atoms with Crippen molar-refractivity contribution >= 4 is 40.6 Å². The Kier molecular flexibility index (Phi) is 5.27. The van der Waals surface area contributed by atoms with Crippen LogP contribution in [0.4, 0.5) is 8.78 Å². The SMILES string of the molecule is CSCc1ccc(-c2noc(-c3cn4cc(C(C)(F)F)cc(Cl)c4n3)n2)c(Cl)c1. The number of fused-ring (bicyclic) bond motifs is 1. The third-order valence-corrected chi connectivity index (χ3v) is 5.46. The molecule has 0 aliphatic carbocycles. The molecule has 29 heavy (non-hydrogen) atoms. The summed E-state index contributed by atoms with van der Waals surface area (Å²) in [5.74, 6) is -1.74. The van der Waals surface area contributed by atoms with E-state index in [4.69, 9.17) is 27.7 Å². The number of thioether (sulfide) groups is 1. The fourth-order valence-electron chi connectivity index (χ4n) is 2.83. The average molecular weight is 455 g/mol. The second kappa shape index (κ2) is 7.59. The normalized spacial score (nSPS) is 12.1. The molecule has 0 amide bonds. The highest BCUT2D eigenvalue weighted by Gasteiger charge is 2.26. The van der Waals surface area contributed by atoms with Gasteiger partial charge in [0.15, 0.2) is 5.65 Å². The highest BCUT2D eigenvalue weighted by Crippen LogP contribution is 2.33. The molecule has 4 rings (SSSR count). The summed E-state index contributed by atoms with van der Waals surface area (Å²) in [4.78, 5) is 8.68. The summed E-state index contributed by atoms with van der Waals surface area (Å²) in [5.41, 5.74) is 2.13. The average Bonchev–Trinajstić information content (AvgIpc) is 3.28. The number of hydrogen-bond donors (Lipinski definition) is 0. The van der Waals surface area contributed by atoms with Crippen molar-refractivity contribution < 1.29 is 13.3 Å². The fraction of sp³-hybridized carbons (Fsp3) is 0.211. The van der Waals surface area contributed by atoms with E-state index in [9.17, 15) is 8.78 Å². The Morgan fingerprint density at radius 1 is 1.14 bits per heavy atom. The summed E-state index contributed by atoms with van der Waals surface area (Å²) in [7, 11) is 0. The first-order chi connectivity index (χ1) is 13.8. The van der Waals surface area contributed by atoms with Gasteiger partial charge in [0, 0.05) is 36.2 Å².